The van der Waals surface area contributed by atoms with Gasteiger partial charge in [-0.2, -0.15) is 5.10 Å². The van der Waals surface area contributed by atoms with Gasteiger partial charge in [0, 0.05) is 35.3 Å². The lowest BCUT2D eigenvalue weighted by Gasteiger charge is -2.04. The van der Waals surface area contributed by atoms with Crippen molar-refractivity contribution >= 4 is 21.9 Å². The van der Waals surface area contributed by atoms with Crippen LogP contribution in [0.4, 0.5) is 8.78 Å². The molecule has 0 unspecified atom stereocenters. The minimum Gasteiger partial charge on any atom is -0.336 e. The van der Waals surface area contributed by atoms with Crippen LogP contribution < -0.4 is 0 Å². The van der Waals surface area contributed by atoms with E-state index < -0.39 is 11.6 Å². The summed E-state index contributed by atoms with van der Waals surface area (Å²) in [6, 6.07) is 15.1. The van der Waals surface area contributed by atoms with E-state index in [9.17, 15) is 4.39 Å². The topological polar surface area (TPSA) is 83.1 Å². The normalized spacial score (nSPS) is 11.4. The first-order valence-corrected chi connectivity index (χ1v) is 9.87. The van der Waals surface area contributed by atoms with Gasteiger partial charge in [-0.3, -0.25) is 15.1 Å². The van der Waals surface area contributed by atoms with E-state index in [1.807, 2.05) is 0 Å². The molecule has 0 bridgehead atoms. The number of fused-ring (bicyclic) bond motifs is 2. The van der Waals surface area contributed by atoms with Crippen molar-refractivity contribution in [1.82, 2.24) is 30.1 Å². The number of aromatic amines is 2. The third-order valence-electron chi connectivity index (χ3n) is 5.39. The lowest BCUT2D eigenvalue weighted by molar-refractivity contribution is 0.631. The number of pyridine rings is 2. The predicted molar refractivity (Wildman–Crippen MR) is 118 cm³/mol. The molecule has 4 heterocycles. The van der Waals surface area contributed by atoms with Crippen LogP contribution in [0.25, 0.3) is 55.8 Å². The molecule has 8 heteroatoms. The zero-order valence-corrected chi connectivity index (χ0v) is 16.5. The first-order chi connectivity index (χ1) is 15.7. The number of rotatable bonds is 3. The number of aromatic nitrogens is 6. The van der Waals surface area contributed by atoms with Gasteiger partial charge in [-0.25, -0.2) is 13.8 Å². The van der Waals surface area contributed by atoms with Gasteiger partial charge in [-0.1, -0.05) is 18.2 Å². The molecule has 0 aliphatic heterocycles. The Morgan fingerprint density at radius 1 is 0.781 bits per heavy atom. The molecule has 0 fully saturated rings. The lowest BCUT2D eigenvalue weighted by atomic mass is 10.0. The van der Waals surface area contributed by atoms with Gasteiger partial charge >= 0.3 is 0 Å². The Hall–Kier alpha value is -4.46. The number of benzene rings is 2. The number of nitrogens with one attached hydrogen (secondary N) is 2. The molecule has 2 N–H and O–H groups in total. The van der Waals surface area contributed by atoms with Crippen molar-refractivity contribution < 1.29 is 8.78 Å². The molecule has 2 aromatic carbocycles. The monoisotopic (exact) mass is 424 g/mol. The predicted octanol–water partition coefficient (Wildman–Crippen LogP) is 5.51. The van der Waals surface area contributed by atoms with E-state index in [-0.39, 0.29) is 0 Å². The average Bonchev–Trinajstić information content (AvgIpc) is 3.45. The van der Waals surface area contributed by atoms with Crippen LogP contribution >= 0.6 is 0 Å². The number of halogens is 2. The number of hydrogen-bond acceptors (Lipinski definition) is 4. The van der Waals surface area contributed by atoms with E-state index in [2.05, 4.69) is 30.1 Å². The first kappa shape index (κ1) is 18.3. The summed E-state index contributed by atoms with van der Waals surface area (Å²) in [5, 5.41) is 7.48. The number of nitrogens with zero attached hydrogens (tertiary/aromatic N) is 4. The molecule has 32 heavy (non-hydrogen) atoms. The quantitative estimate of drug-likeness (QED) is 0.393. The molecular formula is C24H14F2N6. The second kappa shape index (κ2) is 7.05. The highest BCUT2D eigenvalue weighted by Gasteiger charge is 2.21. The molecule has 0 aliphatic carbocycles. The van der Waals surface area contributed by atoms with Gasteiger partial charge in [-0.15, -0.1) is 0 Å². The Balaban J connectivity index is 1.56. The molecule has 6 rings (SSSR count). The molecule has 0 spiro atoms. The Morgan fingerprint density at radius 2 is 1.69 bits per heavy atom. The fraction of sp³-hybridized carbons (Fsp3) is 0. The highest BCUT2D eigenvalue weighted by atomic mass is 19.1. The van der Waals surface area contributed by atoms with Crippen molar-refractivity contribution in [3.63, 3.8) is 0 Å². The maximum atomic E-state index is 15.6. The fourth-order valence-electron chi connectivity index (χ4n) is 3.89. The summed E-state index contributed by atoms with van der Waals surface area (Å²) in [4.78, 5) is 16.2. The zero-order valence-electron chi connectivity index (χ0n) is 16.5. The minimum atomic E-state index is -0.424. The van der Waals surface area contributed by atoms with Crippen LogP contribution in [0.5, 0.6) is 0 Å². The van der Waals surface area contributed by atoms with Gasteiger partial charge in [-0.05, 0) is 36.4 Å². The van der Waals surface area contributed by atoms with Crippen LogP contribution in [0, 0.1) is 11.6 Å². The van der Waals surface area contributed by atoms with E-state index >= 15 is 4.39 Å². The van der Waals surface area contributed by atoms with Crippen LogP contribution in [-0.4, -0.2) is 30.1 Å². The Morgan fingerprint density at radius 3 is 2.53 bits per heavy atom. The summed E-state index contributed by atoms with van der Waals surface area (Å²) in [5.74, 6) is -0.458. The van der Waals surface area contributed by atoms with Crippen molar-refractivity contribution in [1.29, 1.82) is 0 Å². The average molecular weight is 424 g/mol. The van der Waals surface area contributed by atoms with Gasteiger partial charge in [0.15, 0.2) is 5.82 Å². The minimum absolute atomic E-state index is 0.311. The number of H-pyrrole nitrogens is 2. The van der Waals surface area contributed by atoms with E-state index in [1.165, 1.54) is 6.07 Å². The SMILES string of the molecule is Fc1ccccc1-c1nccc2[nH]c(-c3n[nH]c4ccc(-c5cccnc5)c(F)c34)nc12. The molecule has 0 aliphatic rings. The third kappa shape index (κ3) is 2.77. The van der Waals surface area contributed by atoms with Crippen molar-refractivity contribution in [2.45, 2.75) is 0 Å². The van der Waals surface area contributed by atoms with Crippen molar-refractivity contribution in [3.05, 3.63) is 84.8 Å². The molecule has 4 aromatic heterocycles. The summed E-state index contributed by atoms with van der Waals surface area (Å²) >= 11 is 0. The molecular weight excluding hydrogens is 410 g/mol. The molecule has 0 saturated heterocycles. The van der Waals surface area contributed by atoms with Crippen molar-refractivity contribution in [2.75, 3.05) is 0 Å². The lowest BCUT2D eigenvalue weighted by Crippen LogP contribution is -1.89. The Bertz CT molecular complexity index is 1600. The van der Waals surface area contributed by atoms with Gasteiger partial charge in [0.2, 0.25) is 0 Å². The van der Waals surface area contributed by atoms with E-state index in [1.54, 1.807) is 67.1 Å². The summed E-state index contributed by atoms with van der Waals surface area (Å²) < 4.78 is 30.0. The van der Waals surface area contributed by atoms with Gasteiger partial charge in [0.25, 0.3) is 0 Å². The number of hydrogen-bond donors (Lipinski definition) is 2. The molecule has 6 aromatic rings. The summed E-state index contributed by atoms with van der Waals surface area (Å²) in [5.41, 5.74) is 3.82. The largest absolute Gasteiger partial charge is 0.336 e. The van der Waals surface area contributed by atoms with Gasteiger partial charge in [0.05, 0.1) is 16.4 Å². The van der Waals surface area contributed by atoms with Crippen molar-refractivity contribution in [2.24, 2.45) is 0 Å². The van der Waals surface area contributed by atoms with Crippen LogP contribution in [0.3, 0.4) is 0 Å². The molecule has 0 atom stereocenters. The van der Waals surface area contributed by atoms with E-state index in [0.717, 1.165) is 0 Å². The summed E-state index contributed by atoms with van der Waals surface area (Å²) in [6.45, 7) is 0. The third-order valence-corrected chi connectivity index (χ3v) is 5.39. The number of imidazole rings is 1. The molecule has 0 saturated carbocycles. The van der Waals surface area contributed by atoms with Crippen molar-refractivity contribution in [3.8, 4) is 33.9 Å². The maximum absolute atomic E-state index is 15.6. The zero-order chi connectivity index (χ0) is 21.7. The maximum Gasteiger partial charge on any atom is 0.159 e. The first-order valence-electron chi connectivity index (χ1n) is 9.87. The fourth-order valence-corrected chi connectivity index (χ4v) is 3.89. The highest BCUT2D eigenvalue weighted by Crippen LogP contribution is 2.35. The second-order valence-electron chi connectivity index (χ2n) is 7.28. The Labute approximate surface area is 180 Å². The van der Waals surface area contributed by atoms with E-state index in [0.29, 0.717) is 55.8 Å². The van der Waals surface area contributed by atoms with Gasteiger partial charge in [0.1, 0.15) is 28.5 Å². The highest BCUT2D eigenvalue weighted by molar-refractivity contribution is 5.98. The Kier molecular flexibility index (Phi) is 4.04. The molecule has 0 amide bonds. The van der Waals surface area contributed by atoms with Crippen LogP contribution in [0.2, 0.25) is 0 Å². The molecule has 154 valence electrons. The van der Waals surface area contributed by atoms with Crippen LogP contribution in [-0.2, 0) is 0 Å². The van der Waals surface area contributed by atoms with Crippen LogP contribution in [0.15, 0.2) is 73.2 Å². The summed E-state index contributed by atoms with van der Waals surface area (Å²) in [7, 11) is 0. The molecule has 0 radical (unpaired) electrons. The van der Waals surface area contributed by atoms with Gasteiger partial charge < -0.3 is 4.98 Å². The van der Waals surface area contributed by atoms with Crippen LogP contribution in [0.1, 0.15) is 0 Å². The smallest absolute Gasteiger partial charge is 0.159 e. The molecule has 6 nitrogen and oxygen atoms in total. The standard InChI is InChI=1S/C24H14F2N6/c25-16-6-2-1-5-15(16)21-22-18(9-11-28-21)29-24(30-22)23-19-17(31-32-23)8-7-14(20(19)26)13-4-3-10-27-12-13/h1-12H,(H,29,30)(H,31,32). The van der Waals surface area contributed by atoms with E-state index in [4.69, 9.17) is 0 Å². The second-order valence-corrected chi connectivity index (χ2v) is 7.28. The summed E-state index contributed by atoms with van der Waals surface area (Å²) in [6.07, 6.45) is 4.83.